The number of ether oxygens (including phenoxy) is 3. The summed E-state index contributed by atoms with van der Waals surface area (Å²) in [4.78, 5) is 0. The summed E-state index contributed by atoms with van der Waals surface area (Å²) < 4.78 is 18.6. The van der Waals surface area contributed by atoms with Gasteiger partial charge in [0.25, 0.3) is 0 Å². The van der Waals surface area contributed by atoms with Gasteiger partial charge in [-0.25, -0.2) is 0 Å². The molecule has 47 heavy (non-hydrogen) atoms. The van der Waals surface area contributed by atoms with Gasteiger partial charge in [-0.3, -0.25) is 0 Å². The Bertz CT molecular complexity index is 2010. The molecule has 7 aromatic carbocycles. The molecule has 0 amide bonds. The van der Waals surface area contributed by atoms with Gasteiger partial charge < -0.3 is 14.2 Å². The normalized spacial score (nSPS) is 10.9. The maximum Gasteiger partial charge on any atom is 0.123 e. The number of hydrogen-bond acceptors (Lipinski definition) is 3. The monoisotopic (exact) mass is 612 g/mol. The van der Waals surface area contributed by atoms with Crippen molar-refractivity contribution in [2.24, 2.45) is 0 Å². The highest BCUT2D eigenvalue weighted by atomic mass is 16.5. The Balaban J connectivity index is 1.08. The van der Waals surface area contributed by atoms with Crippen LogP contribution in [-0.2, 0) is 19.8 Å². The maximum atomic E-state index is 6.28. The number of hydrogen-bond donors (Lipinski definition) is 0. The third-order valence-corrected chi connectivity index (χ3v) is 8.29. The van der Waals surface area contributed by atoms with Crippen molar-refractivity contribution in [1.29, 1.82) is 0 Å². The van der Waals surface area contributed by atoms with E-state index in [1.165, 1.54) is 33.0 Å². The second kappa shape index (κ2) is 14.1. The Kier molecular flexibility index (Phi) is 8.96. The van der Waals surface area contributed by atoms with E-state index in [4.69, 9.17) is 14.2 Å². The molecule has 0 heterocycles. The van der Waals surface area contributed by atoms with Crippen molar-refractivity contribution in [2.45, 2.75) is 26.7 Å². The molecule has 0 fully saturated rings. The van der Waals surface area contributed by atoms with E-state index in [0.717, 1.165) is 39.5 Å². The van der Waals surface area contributed by atoms with Gasteiger partial charge in [-0.15, -0.1) is 0 Å². The van der Waals surface area contributed by atoms with Crippen LogP contribution in [0.4, 0.5) is 0 Å². The number of fused-ring (bicyclic) bond motifs is 1. The molecule has 7 aromatic rings. The van der Waals surface area contributed by atoms with Crippen molar-refractivity contribution in [1.82, 2.24) is 0 Å². The quantitative estimate of drug-likeness (QED) is 0.145. The lowest BCUT2D eigenvalue weighted by Gasteiger charge is -2.14. The van der Waals surface area contributed by atoms with Crippen molar-refractivity contribution >= 4 is 10.8 Å². The van der Waals surface area contributed by atoms with Gasteiger partial charge in [-0.2, -0.15) is 0 Å². The van der Waals surface area contributed by atoms with Gasteiger partial charge in [0.05, 0.1) is 0 Å². The van der Waals surface area contributed by atoms with E-state index in [1.807, 2.05) is 66.7 Å². The molecule has 0 radical (unpaired) electrons. The zero-order valence-electron chi connectivity index (χ0n) is 26.4. The van der Waals surface area contributed by atoms with Crippen molar-refractivity contribution in [3.05, 3.63) is 186 Å². The summed E-state index contributed by atoms with van der Waals surface area (Å²) in [5.74, 6) is 2.29. The SMILES string of the molecule is Cc1ccc(-c2ccc(-c3ccc(OCc4cc(OCc5ccccc5)cc(OCc5ccccc5)c4)cc3)c3ccccc23)cc1. The molecule has 230 valence electrons. The molecule has 0 spiro atoms. The molecule has 0 atom stereocenters. The summed E-state index contributed by atoms with van der Waals surface area (Å²) in [6, 6.07) is 56.5. The minimum absolute atomic E-state index is 0.387. The third-order valence-electron chi connectivity index (χ3n) is 8.29. The topological polar surface area (TPSA) is 27.7 Å². The molecular formula is C44H36O3. The average Bonchev–Trinajstić information content (AvgIpc) is 3.13. The zero-order chi connectivity index (χ0) is 31.8. The first-order valence-electron chi connectivity index (χ1n) is 16.0. The predicted octanol–water partition coefficient (Wildman–Crippen LogP) is 11.2. The van der Waals surface area contributed by atoms with Crippen LogP contribution in [0.5, 0.6) is 17.2 Å². The van der Waals surface area contributed by atoms with Gasteiger partial charge in [0.1, 0.15) is 37.1 Å². The summed E-state index contributed by atoms with van der Waals surface area (Å²) in [5, 5.41) is 2.48. The third kappa shape index (κ3) is 7.37. The van der Waals surface area contributed by atoms with E-state index in [-0.39, 0.29) is 0 Å². The molecule has 0 aliphatic carbocycles. The lowest BCUT2D eigenvalue weighted by Crippen LogP contribution is -2.01. The molecule has 0 unspecified atom stereocenters. The number of rotatable bonds is 11. The largest absolute Gasteiger partial charge is 0.489 e. The van der Waals surface area contributed by atoms with Crippen LogP contribution in [0.3, 0.4) is 0 Å². The summed E-state index contributed by atoms with van der Waals surface area (Å²) in [6.07, 6.45) is 0. The summed E-state index contributed by atoms with van der Waals surface area (Å²) in [6.45, 7) is 3.46. The average molecular weight is 613 g/mol. The van der Waals surface area contributed by atoms with Crippen LogP contribution in [0, 0.1) is 6.92 Å². The molecule has 7 rings (SSSR count). The Morgan fingerprint density at radius 3 is 1.30 bits per heavy atom. The molecule has 0 aliphatic heterocycles. The lowest BCUT2D eigenvalue weighted by atomic mass is 9.92. The van der Waals surface area contributed by atoms with Gasteiger partial charge in [-0.05, 0) is 80.9 Å². The molecule has 0 aliphatic rings. The Morgan fingerprint density at radius 1 is 0.362 bits per heavy atom. The fourth-order valence-electron chi connectivity index (χ4n) is 5.80. The van der Waals surface area contributed by atoms with E-state index in [1.54, 1.807) is 0 Å². The van der Waals surface area contributed by atoms with Crippen LogP contribution in [0.15, 0.2) is 164 Å². The molecule has 0 aromatic heterocycles. The van der Waals surface area contributed by atoms with E-state index in [2.05, 4.69) is 104 Å². The first kappa shape index (κ1) is 29.9. The van der Waals surface area contributed by atoms with Crippen molar-refractivity contribution in [3.8, 4) is 39.5 Å². The van der Waals surface area contributed by atoms with Crippen LogP contribution < -0.4 is 14.2 Å². The summed E-state index contributed by atoms with van der Waals surface area (Å²) >= 11 is 0. The van der Waals surface area contributed by atoms with Crippen LogP contribution in [0.1, 0.15) is 22.3 Å². The van der Waals surface area contributed by atoms with Gasteiger partial charge >= 0.3 is 0 Å². The van der Waals surface area contributed by atoms with E-state index < -0.39 is 0 Å². The van der Waals surface area contributed by atoms with Crippen molar-refractivity contribution in [2.75, 3.05) is 0 Å². The second-order valence-corrected chi connectivity index (χ2v) is 11.7. The zero-order valence-corrected chi connectivity index (χ0v) is 26.4. The van der Waals surface area contributed by atoms with Crippen molar-refractivity contribution < 1.29 is 14.2 Å². The standard InChI is InChI=1S/C44H36O3/c1-32-16-18-36(19-17-32)41-24-25-42(44-15-9-8-14-43(41)44)37-20-22-38(23-21-37)45-31-35-26-39(46-29-33-10-4-2-5-11-33)28-40(27-35)47-30-34-12-6-3-7-13-34/h2-28H,29-31H2,1H3. The molecular weight excluding hydrogens is 576 g/mol. The van der Waals surface area contributed by atoms with Gasteiger partial charge in [0.15, 0.2) is 0 Å². The smallest absolute Gasteiger partial charge is 0.123 e. The van der Waals surface area contributed by atoms with E-state index in [0.29, 0.717) is 19.8 Å². The fraction of sp³-hybridized carbons (Fsp3) is 0.0909. The fourth-order valence-corrected chi connectivity index (χ4v) is 5.80. The molecule has 0 saturated carbocycles. The minimum Gasteiger partial charge on any atom is -0.489 e. The highest BCUT2D eigenvalue weighted by molar-refractivity contribution is 6.04. The van der Waals surface area contributed by atoms with Crippen LogP contribution in [-0.4, -0.2) is 0 Å². The molecule has 3 heteroatoms. The summed E-state index contributed by atoms with van der Waals surface area (Å²) in [5.41, 5.74) is 9.27. The van der Waals surface area contributed by atoms with Gasteiger partial charge in [-0.1, -0.05) is 139 Å². The van der Waals surface area contributed by atoms with Crippen molar-refractivity contribution in [3.63, 3.8) is 0 Å². The summed E-state index contributed by atoms with van der Waals surface area (Å²) in [7, 11) is 0. The maximum absolute atomic E-state index is 6.28. The Morgan fingerprint density at radius 2 is 0.787 bits per heavy atom. The molecule has 0 saturated heterocycles. The Labute approximate surface area is 276 Å². The van der Waals surface area contributed by atoms with Crippen LogP contribution in [0.25, 0.3) is 33.0 Å². The van der Waals surface area contributed by atoms with Gasteiger partial charge in [0.2, 0.25) is 0 Å². The van der Waals surface area contributed by atoms with Crippen LogP contribution in [0.2, 0.25) is 0 Å². The molecule has 0 N–H and O–H groups in total. The van der Waals surface area contributed by atoms with E-state index >= 15 is 0 Å². The van der Waals surface area contributed by atoms with E-state index in [9.17, 15) is 0 Å². The minimum atomic E-state index is 0.387. The number of benzene rings is 7. The number of aryl methyl sites for hydroxylation is 1. The highest BCUT2D eigenvalue weighted by Crippen LogP contribution is 2.36. The molecule has 3 nitrogen and oxygen atoms in total. The Hall–Kier alpha value is -5.80. The first-order valence-corrected chi connectivity index (χ1v) is 16.0. The molecule has 0 bridgehead atoms. The highest BCUT2D eigenvalue weighted by Gasteiger charge is 2.11. The van der Waals surface area contributed by atoms with Crippen LogP contribution >= 0.6 is 0 Å². The lowest BCUT2D eigenvalue weighted by molar-refractivity contribution is 0.281. The van der Waals surface area contributed by atoms with Gasteiger partial charge in [0, 0.05) is 6.07 Å². The second-order valence-electron chi connectivity index (χ2n) is 11.7. The predicted molar refractivity (Wildman–Crippen MR) is 192 cm³/mol. The first-order chi connectivity index (χ1) is 23.2.